The fraction of sp³-hybridized carbons (Fsp3) is 0.158. The van der Waals surface area contributed by atoms with Crippen LogP contribution in [0.25, 0.3) is 11.3 Å². The van der Waals surface area contributed by atoms with Gasteiger partial charge in [0.25, 0.3) is 5.69 Å². The number of nitriles is 1. The summed E-state index contributed by atoms with van der Waals surface area (Å²) in [6.07, 6.45) is 2.43. The highest BCUT2D eigenvalue weighted by Crippen LogP contribution is 2.30. The second-order valence-electron chi connectivity index (χ2n) is 5.75. The van der Waals surface area contributed by atoms with Crippen LogP contribution >= 0.6 is 0 Å². The Labute approximate surface area is 150 Å². The number of imidazole rings is 1. The molecule has 3 rings (SSSR count). The minimum atomic E-state index is -0.493. The highest BCUT2D eigenvalue weighted by molar-refractivity contribution is 5.65. The van der Waals surface area contributed by atoms with E-state index in [1.165, 1.54) is 6.07 Å². The van der Waals surface area contributed by atoms with Gasteiger partial charge < -0.3 is 10.3 Å². The Balaban J connectivity index is 1.88. The van der Waals surface area contributed by atoms with E-state index < -0.39 is 4.92 Å². The number of nitro benzene ring substituents is 1. The molecule has 2 aromatic carbocycles. The van der Waals surface area contributed by atoms with Crippen molar-refractivity contribution in [2.24, 2.45) is 0 Å². The number of nitrogens with one attached hydrogen (secondary N) is 2. The van der Waals surface area contributed by atoms with E-state index in [2.05, 4.69) is 15.3 Å². The quantitative estimate of drug-likeness (QED) is 0.507. The van der Waals surface area contributed by atoms with Crippen molar-refractivity contribution in [2.75, 3.05) is 5.32 Å². The first-order chi connectivity index (χ1) is 12.6. The summed E-state index contributed by atoms with van der Waals surface area (Å²) < 4.78 is 0. The van der Waals surface area contributed by atoms with Gasteiger partial charge in [-0.25, -0.2) is 4.98 Å². The summed E-state index contributed by atoms with van der Waals surface area (Å²) in [5, 5.41) is 23.4. The maximum Gasteiger partial charge on any atom is 0.293 e. The van der Waals surface area contributed by atoms with E-state index in [0.717, 1.165) is 11.3 Å². The second kappa shape index (κ2) is 7.49. The summed E-state index contributed by atoms with van der Waals surface area (Å²) in [6, 6.07) is 15.9. The summed E-state index contributed by atoms with van der Waals surface area (Å²) in [7, 11) is 0. The van der Waals surface area contributed by atoms with Gasteiger partial charge in [0.05, 0.1) is 34.5 Å². The van der Waals surface area contributed by atoms with Gasteiger partial charge in [0.2, 0.25) is 0 Å². The number of anilines is 1. The summed E-state index contributed by atoms with van der Waals surface area (Å²) in [4.78, 5) is 18.5. The topological polar surface area (TPSA) is 108 Å². The van der Waals surface area contributed by atoms with Crippen LogP contribution in [0.5, 0.6) is 0 Å². The van der Waals surface area contributed by atoms with Gasteiger partial charge in [0.15, 0.2) is 0 Å². The van der Waals surface area contributed by atoms with Crippen LogP contribution in [0.1, 0.15) is 30.8 Å². The van der Waals surface area contributed by atoms with Gasteiger partial charge >= 0.3 is 0 Å². The minimum absolute atomic E-state index is 0.127. The van der Waals surface area contributed by atoms with E-state index in [4.69, 9.17) is 5.26 Å². The number of hydrogen-bond acceptors (Lipinski definition) is 5. The monoisotopic (exact) mass is 347 g/mol. The Morgan fingerprint density at radius 2 is 2.08 bits per heavy atom. The largest absolute Gasteiger partial charge is 0.370 e. The van der Waals surface area contributed by atoms with Gasteiger partial charge in [-0.3, -0.25) is 10.1 Å². The third-order valence-corrected chi connectivity index (χ3v) is 4.07. The predicted molar refractivity (Wildman–Crippen MR) is 98.5 cm³/mol. The fourth-order valence-corrected chi connectivity index (χ4v) is 2.70. The molecule has 0 aliphatic rings. The van der Waals surface area contributed by atoms with E-state index in [1.807, 2.05) is 43.3 Å². The number of benzene rings is 2. The van der Waals surface area contributed by atoms with Gasteiger partial charge in [-0.1, -0.05) is 37.3 Å². The molecule has 0 amide bonds. The van der Waals surface area contributed by atoms with Crippen LogP contribution in [-0.2, 0) is 0 Å². The molecule has 1 unspecified atom stereocenters. The molecular weight excluding hydrogens is 330 g/mol. The highest BCUT2D eigenvalue weighted by atomic mass is 16.6. The van der Waals surface area contributed by atoms with Crippen LogP contribution in [0.3, 0.4) is 0 Å². The maximum atomic E-state index is 11.3. The van der Waals surface area contributed by atoms with Crippen molar-refractivity contribution < 1.29 is 4.92 Å². The molecular formula is C19H17N5O2. The number of nitrogens with zero attached hydrogens (tertiary/aromatic N) is 3. The van der Waals surface area contributed by atoms with Crippen molar-refractivity contribution in [3.05, 3.63) is 76.2 Å². The van der Waals surface area contributed by atoms with Gasteiger partial charge in [0.1, 0.15) is 11.5 Å². The Kier molecular flexibility index (Phi) is 4.94. The molecule has 0 fully saturated rings. The van der Waals surface area contributed by atoms with Crippen LogP contribution in [-0.4, -0.2) is 14.9 Å². The molecule has 0 radical (unpaired) electrons. The molecule has 0 saturated carbocycles. The minimum Gasteiger partial charge on any atom is -0.370 e. The summed E-state index contributed by atoms with van der Waals surface area (Å²) in [5.74, 6) is 0.699. The predicted octanol–water partition coefficient (Wildman–Crippen LogP) is 4.42. The van der Waals surface area contributed by atoms with Gasteiger partial charge in [0, 0.05) is 6.07 Å². The van der Waals surface area contributed by atoms with Crippen LogP contribution in [0.15, 0.2) is 54.7 Å². The van der Waals surface area contributed by atoms with Crippen LogP contribution in [0, 0.1) is 21.4 Å². The first-order valence-electron chi connectivity index (χ1n) is 8.17. The van der Waals surface area contributed by atoms with Crippen molar-refractivity contribution in [3.8, 4) is 17.3 Å². The Morgan fingerprint density at radius 3 is 2.73 bits per heavy atom. The number of rotatable bonds is 6. The van der Waals surface area contributed by atoms with E-state index in [0.29, 0.717) is 17.9 Å². The van der Waals surface area contributed by atoms with Crippen molar-refractivity contribution >= 4 is 11.4 Å². The molecule has 130 valence electrons. The number of nitro groups is 1. The zero-order valence-corrected chi connectivity index (χ0v) is 14.1. The lowest BCUT2D eigenvalue weighted by atomic mass is 10.1. The number of hydrogen-bond donors (Lipinski definition) is 2. The molecule has 26 heavy (non-hydrogen) atoms. The number of H-pyrrole nitrogens is 1. The molecule has 0 aliphatic carbocycles. The Morgan fingerprint density at radius 1 is 1.31 bits per heavy atom. The van der Waals surface area contributed by atoms with Gasteiger partial charge in [-0.15, -0.1) is 0 Å². The average molecular weight is 347 g/mol. The number of aromatic amines is 1. The fourth-order valence-electron chi connectivity index (χ4n) is 2.70. The molecule has 0 bridgehead atoms. The average Bonchev–Trinajstić information content (AvgIpc) is 3.16. The molecule has 3 aromatic rings. The Bertz CT molecular complexity index is 960. The zero-order chi connectivity index (χ0) is 18.5. The standard InChI is InChI=1S/C19H17N5O2/c1-2-15(19-21-12-17(23-19)14-6-4-3-5-7-14)22-16-9-8-13(11-20)10-18(16)24(25)26/h3-10,12,15,22H,2H2,1H3,(H,21,23). The van der Waals surface area contributed by atoms with Crippen molar-refractivity contribution in [3.63, 3.8) is 0 Å². The SMILES string of the molecule is CCC(Nc1ccc(C#N)cc1[N+](=O)[O-])c1ncc(-c2ccccc2)[nH]1. The molecule has 0 spiro atoms. The molecule has 1 aromatic heterocycles. The number of aromatic nitrogens is 2. The summed E-state index contributed by atoms with van der Waals surface area (Å²) in [6.45, 7) is 1.97. The normalized spacial score (nSPS) is 11.5. The lowest BCUT2D eigenvalue weighted by Crippen LogP contribution is -2.12. The lowest BCUT2D eigenvalue weighted by molar-refractivity contribution is -0.384. The molecule has 1 atom stereocenters. The van der Waals surface area contributed by atoms with Crippen LogP contribution in [0.4, 0.5) is 11.4 Å². The van der Waals surface area contributed by atoms with Crippen LogP contribution in [0.2, 0.25) is 0 Å². The third kappa shape index (κ3) is 3.54. The third-order valence-electron chi connectivity index (χ3n) is 4.07. The molecule has 0 saturated heterocycles. The molecule has 2 N–H and O–H groups in total. The maximum absolute atomic E-state index is 11.3. The lowest BCUT2D eigenvalue weighted by Gasteiger charge is -2.16. The van der Waals surface area contributed by atoms with Gasteiger partial charge in [-0.2, -0.15) is 5.26 Å². The van der Waals surface area contributed by atoms with Crippen LogP contribution < -0.4 is 5.32 Å². The molecule has 7 nitrogen and oxygen atoms in total. The summed E-state index contributed by atoms with van der Waals surface area (Å²) >= 11 is 0. The zero-order valence-electron chi connectivity index (χ0n) is 14.1. The van der Waals surface area contributed by atoms with Crippen molar-refractivity contribution in [1.29, 1.82) is 5.26 Å². The van der Waals surface area contributed by atoms with E-state index in [9.17, 15) is 10.1 Å². The van der Waals surface area contributed by atoms with E-state index >= 15 is 0 Å². The first-order valence-corrected chi connectivity index (χ1v) is 8.17. The van der Waals surface area contributed by atoms with Crippen molar-refractivity contribution in [1.82, 2.24) is 9.97 Å². The summed E-state index contributed by atoms with van der Waals surface area (Å²) in [5.41, 5.74) is 2.39. The second-order valence-corrected chi connectivity index (χ2v) is 5.75. The molecule has 1 heterocycles. The van der Waals surface area contributed by atoms with E-state index in [-0.39, 0.29) is 17.3 Å². The Hall–Kier alpha value is -3.66. The molecule has 7 heteroatoms. The van der Waals surface area contributed by atoms with Crippen molar-refractivity contribution in [2.45, 2.75) is 19.4 Å². The van der Waals surface area contributed by atoms with Gasteiger partial charge in [-0.05, 0) is 24.1 Å². The highest BCUT2D eigenvalue weighted by Gasteiger charge is 2.20. The smallest absolute Gasteiger partial charge is 0.293 e. The van der Waals surface area contributed by atoms with E-state index in [1.54, 1.807) is 18.3 Å². The molecule has 0 aliphatic heterocycles. The first kappa shape index (κ1) is 17.2.